The number of benzene rings is 1. The number of pyridine rings is 1. The highest BCUT2D eigenvalue weighted by Gasteiger charge is 2.45. The molecule has 0 spiro atoms. The smallest absolute Gasteiger partial charge is 0.236 e. The molecule has 0 bridgehead atoms. The van der Waals surface area contributed by atoms with Crippen molar-refractivity contribution in [1.82, 2.24) is 4.98 Å². The molecule has 0 saturated heterocycles. The van der Waals surface area contributed by atoms with Gasteiger partial charge in [-0.15, -0.1) is 0 Å². The van der Waals surface area contributed by atoms with Crippen molar-refractivity contribution in [2.45, 2.75) is 24.7 Å². The van der Waals surface area contributed by atoms with Crippen LogP contribution in [0.1, 0.15) is 30.4 Å². The molecule has 0 atom stereocenters. The predicted octanol–water partition coefficient (Wildman–Crippen LogP) is 3.01. The maximum atomic E-state index is 12.7. The van der Waals surface area contributed by atoms with E-state index >= 15 is 0 Å². The molecule has 0 unspecified atom stereocenters. The quantitative estimate of drug-likeness (QED) is 0.937. The second-order valence-corrected chi connectivity index (χ2v) is 5.27. The average molecular weight is 277 g/mol. The normalized spacial score (nSPS) is 15.6. The lowest BCUT2D eigenvalue weighted by Crippen LogP contribution is -2.46. The summed E-state index contributed by atoms with van der Waals surface area (Å²) >= 11 is 0. The lowest BCUT2D eigenvalue weighted by Gasteiger charge is -2.40. The van der Waals surface area contributed by atoms with Crippen molar-refractivity contribution in [3.8, 4) is 6.07 Å². The fraction of sp³-hybridized carbons (Fsp3) is 0.235. The zero-order chi connectivity index (χ0) is 14.7. The van der Waals surface area contributed by atoms with Crippen LogP contribution in [-0.4, -0.2) is 10.9 Å². The van der Waals surface area contributed by atoms with Gasteiger partial charge in [-0.2, -0.15) is 5.26 Å². The summed E-state index contributed by atoms with van der Waals surface area (Å²) in [5.41, 5.74) is 0.933. The highest BCUT2D eigenvalue weighted by atomic mass is 16.2. The summed E-state index contributed by atoms with van der Waals surface area (Å²) in [5.74, 6) is 0.266. The Morgan fingerprint density at radius 2 is 1.95 bits per heavy atom. The number of rotatable bonds is 3. The van der Waals surface area contributed by atoms with Gasteiger partial charge in [-0.05, 0) is 30.5 Å². The van der Waals surface area contributed by atoms with Crippen LogP contribution in [0, 0.1) is 11.3 Å². The SMILES string of the molecule is N#Cc1cccnc1NC(=O)C1(c2ccccc2)CCC1. The first-order chi connectivity index (χ1) is 10.3. The summed E-state index contributed by atoms with van der Waals surface area (Å²) in [6.45, 7) is 0. The summed E-state index contributed by atoms with van der Waals surface area (Å²) in [4.78, 5) is 16.8. The molecule has 0 aliphatic heterocycles. The molecular formula is C17H15N3O. The molecule has 1 aliphatic carbocycles. The van der Waals surface area contributed by atoms with Gasteiger partial charge in [-0.25, -0.2) is 4.98 Å². The minimum absolute atomic E-state index is 0.0739. The molecule has 104 valence electrons. The summed E-state index contributed by atoms with van der Waals surface area (Å²) in [5, 5.41) is 11.9. The van der Waals surface area contributed by atoms with Crippen LogP contribution in [-0.2, 0) is 10.2 Å². The molecule has 4 heteroatoms. The number of hydrogen-bond donors (Lipinski definition) is 1. The fourth-order valence-electron chi connectivity index (χ4n) is 2.76. The van der Waals surface area contributed by atoms with Gasteiger partial charge in [0.15, 0.2) is 0 Å². The van der Waals surface area contributed by atoms with Crippen molar-refractivity contribution in [3.05, 3.63) is 59.8 Å². The van der Waals surface area contributed by atoms with E-state index in [2.05, 4.69) is 16.4 Å². The number of nitrogens with zero attached hydrogens (tertiary/aromatic N) is 2. The first kappa shape index (κ1) is 13.3. The molecule has 4 nitrogen and oxygen atoms in total. The molecule has 1 aliphatic rings. The van der Waals surface area contributed by atoms with E-state index in [1.54, 1.807) is 18.3 Å². The molecule has 2 aromatic rings. The lowest BCUT2D eigenvalue weighted by atomic mass is 9.64. The van der Waals surface area contributed by atoms with Gasteiger partial charge >= 0.3 is 0 Å². The van der Waals surface area contributed by atoms with E-state index in [-0.39, 0.29) is 5.91 Å². The Morgan fingerprint density at radius 1 is 1.19 bits per heavy atom. The van der Waals surface area contributed by atoms with Crippen molar-refractivity contribution in [1.29, 1.82) is 5.26 Å². The third-order valence-electron chi connectivity index (χ3n) is 4.13. The van der Waals surface area contributed by atoms with E-state index in [1.165, 1.54) is 0 Å². The second-order valence-electron chi connectivity index (χ2n) is 5.27. The van der Waals surface area contributed by atoms with Crippen LogP contribution in [0.25, 0.3) is 0 Å². The molecule has 0 radical (unpaired) electrons. The average Bonchev–Trinajstić information content (AvgIpc) is 2.48. The van der Waals surface area contributed by atoms with E-state index in [0.29, 0.717) is 11.4 Å². The van der Waals surface area contributed by atoms with E-state index in [0.717, 1.165) is 24.8 Å². The largest absolute Gasteiger partial charge is 0.309 e. The summed E-state index contributed by atoms with van der Waals surface area (Å²) in [6.07, 6.45) is 4.27. The summed E-state index contributed by atoms with van der Waals surface area (Å²) in [6, 6.07) is 15.2. The van der Waals surface area contributed by atoms with E-state index < -0.39 is 5.41 Å². The van der Waals surface area contributed by atoms with Crippen molar-refractivity contribution in [2.75, 3.05) is 5.32 Å². The third-order valence-corrected chi connectivity index (χ3v) is 4.13. The number of aromatic nitrogens is 1. The monoisotopic (exact) mass is 277 g/mol. The zero-order valence-corrected chi connectivity index (χ0v) is 11.5. The standard InChI is InChI=1S/C17H15N3O/c18-12-13-6-4-11-19-15(13)20-16(21)17(9-5-10-17)14-7-2-1-3-8-14/h1-4,6-8,11H,5,9-10H2,(H,19,20,21). The van der Waals surface area contributed by atoms with Gasteiger partial charge in [0.2, 0.25) is 5.91 Å². The number of nitrogens with one attached hydrogen (secondary N) is 1. The Bertz CT molecular complexity index is 699. The van der Waals surface area contributed by atoms with E-state index in [1.807, 2.05) is 30.3 Å². The summed E-state index contributed by atoms with van der Waals surface area (Å²) < 4.78 is 0. The van der Waals surface area contributed by atoms with Gasteiger partial charge < -0.3 is 5.32 Å². The van der Waals surface area contributed by atoms with Crippen molar-refractivity contribution in [2.24, 2.45) is 0 Å². The van der Waals surface area contributed by atoms with Gasteiger partial charge in [-0.1, -0.05) is 36.8 Å². The number of carbonyl (C=O) groups excluding carboxylic acids is 1. The first-order valence-electron chi connectivity index (χ1n) is 6.98. The van der Waals surface area contributed by atoms with Crippen LogP contribution in [0.5, 0.6) is 0 Å². The highest BCUT2D eigenvalue weighted by Crippen LogP contribution is 2.44. The number of carbonyl (C=O) groups is 1. The number of amides is 1. The van der Waals surface area contributed by atoms with Crippen LogP contribution in [0.4, 0.5) is 5.82 Å². The van der Waals surface area contributed by atoms with Gasteiger partial charge in [0.25, 0.3) is 0 Å². The predicted molar refractivity (Wildman–Crippen MR) is 79.6 cm³/mol. The molecule has 1 aromatic carbocycles. The van der Waals surface area contributed by atoms with Crippen LogP contribution >= 0.6 is 0 Å². The van der Waals surface area contributed by atoms with Gasteiger partial charge in [0.1, 0.15) is 11.9 Å². The Kier molecular flexibility index (Phi) is 3.41. The van der Waals surface area contributed by atoms with Crippen LogP contribution < -0.4 is 5.32 Å². The van der Waals surface area contributed by atoms with Crippen LogP contribution in [0.15, 0.2) is 48.7 Å². The Labute approximate surface area is 123 Å². The fourth-order valence-corrected chi connectivity index (χ4v) is 2.76. The van der Waals surface area contributed by atoms with Gasteiger partial charge in [0.05, 0.1) is 11.0 Å². The third kappa shape index (κ3) is 2.27. The zero-order valence-electron chi connectivity index (χ0n) is 11.5. The maximum absolute atomic E-state index is 12.7. The molecule has 21 heavy (non-hydrogen) atoms. The molecule has 1 fully saturated rings. The molecule has 1 aromatic heterocycles. The molecular weight excluding hydrogens is 262 g/mol. The number of nitriles is 1. The molecule has 3 rings (SSSR count). The molecule has 1 N–H and O–H groups in total. The van der Waals surface area contributed by atoms with E-state index in [4.69, 9.17) is 5.26 Å². The topological polar surface area (TPSA) is 65.8 Å². The Hall–Kier alpha value is -2.67. The lowest BCUT2D eigenvalue weighted by molar-refractivity contribution is -0.124. The first-order valence-corrected chi connectivity index (χ1v) is 6.98. The summed E-state index contributed by atoms with van der Waals surface area (Å²) in [7, 11) is 0. The minimum atomic E-state index is -0.481. The van der Waals surface area contributed by atoms with E-state index in [9.17, 15) is 4.79 Å². The maximum Gasteiger partial charge on any atom is 0.236 e. The van der Waals surface area contributed by atoms with Gasteiger partial charge in [0, 0.05) is 6.20 Å². The minimum Gasteiger partial charge on any atom is -0.309 e. The molecule has 1 saturated carbocycles. The highest BCUT2D eigenvalue weighted by molar-refractivity contribution is 6.00. The van der Waals surface area contributed by atoms with Gasteiger partial charge in [-0.3, -0.25) is 4.79 Å². The van der Waals surface area contributed by atoms with Crippen LogP contribution in [0.3, 0.4) is 0 Å². The second kappa shape index (κ2) is 5.37. The van der Waals surface area contributed by atoms with Crippen molar-refractivity contribution in [3.63, 3.8) is 0 Å². The number of anilines is 1. The van der Waals surface area contributed by atoms with Crippen molar-refractivity contribution >= 4 is 11.7 Å². The molecule has 1 heterocycles. The molecule has 1 amide bonds. The van der Waals surface area contributed by atoms with Crippen molar-refractivity contribution < 1.29 is 4.79 Å². The Morgan fingerprint density at radius 3 is 2.57 bits per heavy atom. The Balaban J connectivity index is 1.89. The number of hydrogen-bond acceptors (Lipinski definition) is 3. The van der Waals surface area contributed by atoms with Crippen LogP contribution in [0.2, 0.25) is 0 Å².